The van der Waals surface area contributed by atoms with E-state index in [0.29, 0.717) is 35.9 Å². The Kier molecular flexibility index (Phi) is 5.12. The predicted octanol–water partition coefficient (Wildman–Crippen LogP) is 3.08. The topological polar surface area (TPSA) is 89.5 Å². The van der Waals surface area contributed by atoms with Crippen molar-refractivity contribution in [3.05, 3.63) is 53.1 Å². The number of aryl methyl sites for hydroxylation is 2. The summed E-state index contributed by atoms with van der Waals surface area (Å²) < 4.78 is 5.44. The van der Waals surface area contributed by atoms with Gasteiger partial charge in [-0.25, -0.2) is 14.2 Å². The van der Waals surface area contributed by atoms with E-state index in [4.69, 9.17) is 5.10 Å². The van der Waals surface area contributed by atoms with Crippen LogP contribution in [0.4, 0.5) is 11.4 Å². The van der Waals surface area contributed by atoms with Gasteiger partial charge in [0.2, 0.25) is 5.91 Å². The number of likely N-dealkylation sites (tertiary alicyclic amines) is 1. The largest absolute Gasteiger partial charge is 0.348 e. The second kappa shape index (κ2) is 8.10. The van der Waals surface area contributed by atoms with E-state index in [0.717, 1.165) is 55.0 Å². The highest BCUT2D eigenvalue weighted by atomic mass is 16.2. The third-order valence-electron chi connectivity index (χ3n) is 8.32. The number of aromatic nitrogens is 5. The van der Waals surface area contributed by atoms with E-state index in [2.05, 4.69) is 23.8 Å². The van der Waals surface area contributed by atoms with Gasteiger partial charge in [0.1, 0.15) is 0 Å². The van der Waals surface area contributed by atoms with E-state index in [9.17, 15) is 9.59 Å². The first-order valence-electron chi connectivity index (χ1n) is 12.7. The minimum atomic E-state index is -0.0519. The number of imidazole rings is 1. The molecule has 35 heavy (non-hydrogen) atoms. The van der Waals surface area contributed by atoms with Crippen LogP contribution in [-0.4, -0.2) is 47.1 Å². The van der Waals surface area contributed by atoms with Crippen molar-refractivity contribution in [2.24, 2.45) is 24.8 Å². The molecule has 5 atom stereocenters. The van der Waals surface area contributed by atoms with Crippen LogP contribution in [0.5, 0.6) is 0 Å². The number of anilines is 2. The molecule has 3 aliphatic rings. The van der Waals surface area contributed by atoms with Crippen LogP contribution >= 0.6 is 0 Å². The molecule has 1 amide bonds. The molecule has 5 unspecified atom stereocenters. The van der Waals surface area contributed by atoms with Gasteiger partial charge in [-0.3, -0.25) is 14.0 Å². The SMILES string of the molecule is C=CC(=O)N1CC2CC1CC2Cn1cc(Nc2cn(C)nc2C2CC2C)c2ncc(CC)n2c1=O. The molecule has 184 valence electrons. The summed E-state index contributed by atoms with van der Waals surface area (Å²) in [6, 6.07) is 0.255. The molecular formula is C26H33N7O2. The average molecular weight is 476 g/mol. The maximum atomic E-state index is 13.6. The molecule has 1 aliphatic heterocycles. The molecule has 3 aromatic heterocycles. The van der Waals surface area contributed by atoms with Crippen molar-refractivity contribution in [1.82, 2.24) is 28.6 Å². The zero-order valence-electron chi connectivity index (χ0n) is 20.6. The van der Waals surface area contributed by atoms with Crippen LogP contribution in [0, 0.1) is 17.8 Å². The number of rotatable bonds is 7. The Morgan fingerprint density at radius 3 is 2.71 bits per heavy atom. The Bertz CT molecular complexity index is 1380. The van der Waals surface area contributed by atoms with Crippen LogP contribution in [0.1, 0.15) is 50.4 Å². The minimum Gasteiger partial charge on any atom is -0.348 e. The van der Waals surface area contributed by atoms with E-state index in [1.165, 1.54) is 6.08 Å². The number of amides is 1. The van der Waals surface area contributed by atoms with Gasteiger partial charge in [-0.15, -0.1) is 0 Å². The first-order chi connectivity index (χ1) is 16.9. The van der Waals surface area contributed by atoms with E-state index < -0.39 is 0 Å². The zero-order valence-corrected chi connectivity index (χ0v) is 20.6. The molecule has 2 aliphatic carbocycles. The lowest BCUT2D eigenvalue weighted by molar-refractivity contribution is -0.128. The fraction of sp³-hybridized carbons (Fsp3) is 0.538. The van der Waals surface area contributed by atoms with Crippen molar-refractivity contribution in [1.29, 1.82) is 0 Å². The molecule has 6 rings (SSSR count). The van der Waals surface area contributed by atoms with Crippen molar-refractivity contribution in [2.75, 3.05) is 11.9 Å². The van der Waals surface area contributed by atoms with E-state index >= 15 is 0 Å². The van der Waals surface area contributed by atoms with Crippen molar-refractivity contribution in [3.63, 3.8) is 0 Å². The Labute approximate surface area is 204 Å². The lowest BCUT2D eigenvalue weighted by atomic mass is 9.94. The van der Waals surface area contributed by atoms with Gasteiger partial charge in [0.05, 0.1) is 17.1 Å². The summed E-state index contributed by atoms with van der Waals surface area (Å²) in [6.07, 6.45) is 11.0. The van der Waals surface area contributed by atoms with Gasteiger partial charge in [-0.05, 0) is 49.5 Å². The normalized spacial score (nSPS) is 27.1. The Morgan fingerprint density at radius 1 is 1.26 bits per heavy atom. The van der Waals surface area contributed by atoms with Gasteiger partial charge in [-0.1, -0.05) is 20.4 Å². The first kappa shape index (κ1) is 22.1. The van der Waals surface area contributed by atoms with Gasteiger partial charge in [0.15, 0.2) is 5.65 Å². The van der Waals surface area contributed by atoms with Crippen molar-refractivity contribution < 1.29 is 4.79 Å². The van der Waals surface area contributed by atoms with E-state index in [1.54, 1.807) is 10.6 Å². The molecule has 9 nitrogen and oxygen atoms in total. The Balaban J connectivity index is 1.34. The summed E-state index contributed by atoms with van der Waals surface area (Å²) in [7, 11) is 1.94. The first-order valence-corrected chi connectivity index (χ1v) is 12.7. The molecule has 9 heteroatoms. The molecule has 4 heterocycles. The molecule has 3 aromatic rings. The molecule has 0 spiro atoms. The van der Waals surface area contributed by atoms with Crippen molar-refractivity contribution in [3.8, 4) is 0 Å². The van der Waals surface area contributed by atoms with E-state index in [-0.39, 0.29) is 17.6 Å². The number of carbonyl (C=O) groups excluding carboxylic acids is 1. The Morgan fingerprint density at radius 2 is 2.06 bits per heavy atom. The lowest BCUT2D eigenvalue weighted by Gasteiger charge is -2.31. The summed E-state index contributed by atoms with van der Waals surface area (Å²) >= 11 is 0. The van der Waals surface area contributed by atoms with Crippen LogP contribution in [0.2, 0.25) is 0 Å². The zero-order chi connectivity index (χ0) is 24.4. The molecule has 3 fully saturated rings. The summed E-state index contributed by atoms with van der Waals surface area (Å²) in [5.41, 5.74) is 4.38. The highest BCUT2D eigenvalue weighted by Crippen LogP contribution is 2.49. The number of nitrogens with zero attached hydrogens (tertiary/aromatic N) is 6. The maximum Gasteiger partial charge on any atom is 0.334 e. The van der Waals surface area contributed by atoms with Crippen LogP contribution < -0.4 is 11.0 Å². The van der Waals surface area contributed by atoms with Crippen LogP contribution in [-0.2, 0) is 24.8 Å². The summed E-state index contributed by atoms with van der Waals surface area (Å²) in [6.45, 7) is 9.33. The fourth-order valence-electron chi connectivity index (χ4n) is 6.30. The van der Waals surface area contributed by atoms with E-state index in [1.807, 2.05) is 40.5 Å². The second-order valence-electron chi connectivity index (χ2n) is 10.6. The highest BCUT2D eigenvalue weighted by molar-refractivity contribution is 5.87. The molecule has 2 saturated carbocycles. The number of carbonyl (C=O) groups is 1. The highest BCUT2D eigenvalue weighted by Gasteiger charge is 2.46. The number of hydrogen-bond donors (Lipinski definition) is 1. The molecule has 0 aromatic carbocycles. The number of fused-ring (bicyclic) bond motifs is 3. The fourth-order valence-corrected chi connectivity index (χ4v) is 6.30. The molecule has 2 bridgehead atoms. The molecule has 0 radical (unpaired) electrons. The molecule has 1 saturated heterocycles. The summed E-state index contributed by atoms with van der Waals surface area (Å²) in [5.74, 6) is 1.92. The maximum absolute atomic E-state index is 13.6. The smallest absolute Gasteiger partial charge is 0.334 e. The average Bonchev–Trinajstić information content (AvgIpc) is 3.28. The summed E-state index contributed by atoms with van der Waals surface area (Å²) in [5, 5.41) is 8.30. The second-order valence-corrected chi connectivity index (χ2v) is 10.6. The third-order valence-corrected chi connectivity index (χ3v) is 8.32. The van der Waals surface area contributed by atoms with Crippen LogP contribution in [0.15, 0.2) is 36.0 Å². The van der Waals surface area contributed by atoms with Gasteiger partial charge in [0, 0.05) is 56.4 Å². The van der Waals surface area contributed by atoms with Crippen molar-refractivity contribution in [2.45, 2.75) is 58.0 Å². The van der Waals surface area contributed by atoms with Crippen LogP contribution in [0.25, 0.3) is 5.65 Å². The predicted molar refractivity (Wildman–Crippen MR) is 134 cm³/mol. The number of hydrogen-bond acceptors (Lipinski definition) is 5. The molecule has 1 N–H and O–H groups in total. The van der Waals surface area contributed by atoms with Crippen molar-refractivity contribution >= 4 is 22.9 Å². The van der Waals surface area contributed by atoms with Gasteiger partial charge in [0.25, 0.3) is 0 Å². The van der Waals surface area contributed by atoms with Gasteiger partial charge >= 0.3 is 5.69 Å². The number of piperidine rings is 1. The quantitative estimate of drug-likeness (QED) is 0.531. The molecular weight excluding hydrogens is 442 g/mol. The van der Waals surface area contributed by atoms with Crippen LogP contribution in [0.3, 0.4) is 0 Å². The number of nitrogens with one attached hydrogen (secondary N) is 1. The standard InChI is InChI=1S/C26H33N7O2/c1-5-18-10-27-25-22(28-21-13-30(4)29-24(21)20-7-15(20)3)14-31(26(35)33(18)25)11-16-8-19-9-17(16)12-32(19)23(34)6-2/h6,10,13-17,19-20,28H,2,5,7-9,11-12H2,1,3-4H3. The minimum absolute atomic E-state index is 0.0179. The Hall–Kier alpha value is -3.36. The van der Waals surface area contributed by atoms with Gasteiger partial charge in [-0.2, -0.15) is 5.10 Å². The summed E-state index contributed by atoms with van der Waals surface area (Å²) in [4.78, 5) is 32.3. The van der Waals surface area contributed by atoms with Gasteiger partial charge < -0.3 is 10.2 Å². The third kappa shape index (κ3) is 3.59. The lowest BCUT2D eigenvalue weighted by Crippen LogP contribution is -2.41. The monoisotopic (exact) mass is 475 g/mol.